The fourth-order valence-corrected chi connectivity index (χ4v) is 2.24. The molecule has 0 aliphatic heterocycles. The maximum atomic E-state index is 12.8. The van der Waals surface area contributed by atoms with Crippen LogP contribution in [0, 0.1) is 6.92 Å². The van der Waals surface area contributed by atoms with Crippen molar-refractivity contribution < 1.29 is 18.0 Å². The highest BCUT2D eigenvalue weighted by Crippen LogP contribution is 2.19. The van der Waals surface area contributed by atoms with Crippen molar-refractivity contribution in [3.8, 4) is 0 Å². The number of fused-ring (bicyclic) bond motifs is 1. The van der Waals surface area contributed by atoms with Crippen molar-refractivity contribution in [1.29, 1.82) is 0 Å². The van der Waals surface area contributed by atoms with E-state index in [2.05, 4.69) is 4.98 Å². The number of hydrogen-bond donors (Lipinski definition) is 0. The van der Waals surface area contributed by atoms with Crippen LogP contribution in [-0.2, 0) is 11.3 Å². The van der Waals surface area contributed by atoms with Crippen LogP contribution in [0.1, 0.15) is 11.3 Å². The number of nitrogens with zero attached hydrogens (tertiary/aromatic N) is 4. The van der Waals surface area contributed by atoms with Crippen molar-refractivity contribution in [2.24, 2.45) is 0 Å². The Morgan fingerprint density at radius 1 is 1.30 bits per heavy atom. The van der Waals surface area contributed by atoms with E-state index in [1.54, 1.807) is 10.5 Å². The lowest BCUT2D eigenvalue weighted by Gasteiger charge is -2.24. The lowest BCUT2D eigenvalue weighted by atomic mass is 10.3. The lowest BCUT2D eigenvalue weighted by Crippen LogP contribution is -2.41. The predicted molar refractivity (Wildman–Crippen MR) is 80.0 cm³/mol. The van der Waals surface area contributed by atoms with Crippen LogP contribution >= 0.6 is 0 Å². The Labute approximate surface area is 132 Å². The molecular weight excluding hydrogens is 309 g/mol. The first kappa shape index (κ1) is 17.3. The molecule has 2 aromatic heterocycles. The van der Waals surface area contributed by atoms with Crippen LogP contribution in [0.3, 0.4) is 0 Å². The third-order valence-corrected chi connectivity index (χ3v) is 3.38. The quantitative estimate of drug-likeness (QED) is 0.844. The second kappa shape index (κ2) is 6.57. The molecule has 0 radical (unpaired) electrons. The molecule has 2 heterocycles. The van der Waals surface area contributed by atoms with Crippen LogP contribution in [0.25, 0.3) is 5.65 Å². The monoisotopic (exact) mass is 328 g/mol. The largest absolute Gasteiger partial charge is 0.401 e. The van der Waals surface area contributed by atoms with E-state index in [0.717, 1.165) is 10.5 Å². The second-order valence-corrected chi connectivity index (χ2v) is 5.73. The Morgan fingerprint density at radius 2 is 2.00 bits per heavy atom. The molecule has 0 saturated carbocycles. The van der Waals surface area contributed by atoms with Crippen LogP contribution in [0.15, 0.2) is 24.5 Å². The summed E-state index contributed by atoms with van der Waals surface area (Å²) < 4.78 is 40.1. The second-order valence-electron chi connectivity index (χ2n) is 5.73. The molecule has 5 nitrogen and oxygen atoms in total. The average molecular weight is 328 g/mol. The minimum Gasteiger partial charge on any atom is -0.348 e. The van der Waals surface area contributed by atoms with E-state index in [9.17, 15) is 18.0 Å². The highest BCUT2D eigenvalue weighted by atomic mass is 19.4. The van der Waals surface area contributed by atoms with Gasteiger partial charge in [0.05, 0.1) is 25.0 Å². The molecule has 2 rings (SSSR count). The normalized spacial score (nSPS) is 12.1. The summed E-state index contributed by atoms with van der Waals surface area (Å²) in [4.78, 5) is 18.3. The first-order chi connectivity index (χ1) is 10.7. The van der Waals surface area contributed by atoms with Crippen molar-refractivity contribution in [3.05, 3.63) is 35.8 Å². The minimum atomic E-state index is -4.37. The van der Waals surface area contributed by atoms with E-state index in [1.807, 2.05) is 19.2 Å². The zero-order chi connectivity index (χ0) is 17.2. The smallest absolute Gasteiger partial charge is 0.348 e. The number of rotatable bonds is 5. The van der Waals surface area contributed by atoms with Crippen LogP contribution < -0.4 is 0 Å². The van der Waals surface area contributed by atoms with Crippen molar-refractivity contribution in [3.63, 3.8) is 0 Å². The number of aromatic nitrogens is 2. The molecule has 8 heteroatoms. The molecule has 126 valence electrons. The van der Waals surface area contributed by atoms with Gasteiger partial charge in [-0.25, -0.2) is 4.98 Å². The topological polar surface area (TPSA) is 40.9 Å². The summed E-state index contributed by atoms with van der Waals surface area (Å²) in [5.41, 5.74) is 2.25. The van der Waals surface area contributed by atoms with E-state index >= 15 is 0 Å². The Kier molecular flexibility index (Phi) is 4.93. The fourth-order valence-electron chi connectivity index (χ4n) is 2.24. The minimum absolute atomic E-state index is 0.0102. The molecule has 23 heavy (non-hydrogen) atoms. The fraction of sp³-hybridized carbons (Fsp3) is 0.467. The van der Waals surface area contributed by atoms with E-state index in [4.69, 9.17) is 0 Å². The van der Waals surface area contributed by atoms with Crippen LogP contribution in [0.4, 0.5) is 13.2 Å². The van der Waals surface area contributed by atoms with Crippen molar-refractivity contribution in [2.45, 2.75) is 19.6 Å². The maximum absolute atomic E-state index is 12.8. The summed E-state index contributed by atoms with van der Waals surface area (Å²) in [6, 6.07) is 3.69. The molecule has 0 bridgehead atoms. The van der Waals surface area contributed by atoms with Gasteiger partial charge in [0.1, 0.15) is 5.65 Å². The highest BCUT2D eigenvalue weighted by molar-refractivity contribution is 5.77. The zero-order valence-corrected chi connectivity index (χ0v) is 13.3. The van der Waals surface area contributed by atoms with Crippen LogP contribution in [-0.4, -0.2) is 58.5 Å². The number of amides is 1. The van der Waals surface area contributed by atoms with Gasteiger partial charge in [-0.05, 0) is 18.6 Å². The van der Waals surface area contributed by atoms with Gasteiger partial charge in [0.15, 0.2) is 0 Å². The number of hydrogen-bond acceptors (Lipinski definition) is 3. The van der Waals surface area contributed by atoms with E-state index in [1.165, 1.54) is 25.2 Å². The molecule has 0 unspecified atom stereocenters. The van der Waals surface area contributed by atoms with Crippen molar-refractivity contribution >= 4 is 11.6 Å². The van der Waals surface area contributed by atoms with Gasteiger partial charge in [0.25, 0.3) is 0 Å². The maximum Gasteiger partial charge on any atom is 0.401 e. The first-order valence-electron chi connectivity index (χ1n) is 7.07. The third kappa shape index (κ3) is 4.69. The molecule has 0 fully saturated rings. The number of pyridine rings is 1. The summed E-state index contributed by atoms with van der Waals surface area (Å²) in [5.74, 6) is -0.376. The number of carbonyl (C=O) groups is 1. The van der Waals surface area contributed by atoms with Gasteiger partial charge in [-0.15, -0.1) is 0 Å². The molecule has 0 aromatic carbocycles. The number of likely N-dealkylation sites (N-methyl/N-ethyl adjacent to an activating group) is 1. The Morgan fingerprint density at radius 3 is 2.61 bits per heavy atom. The van der Waals surface area contributed by atoms with Gasteiger partial charge >= 0.3 is 6.18 Å². The molecular formula is C15H19F3N4O. The Bertz CT molecular complexity index is 694. The van der Waals surface area contributed by atoms with Gasteiger partial charge in [-0.1, -0.05) is 6.07 Å². The number of aryl methyl sites for hydroxylation is 1. The SMILES string of the molecule is Cc1ccc2ncc(CN(CC(=O)N(C)C)CC(F)(F)F)n2c1. The summed E-state index contributed by atoms with van der Waals surface area (Å²) in [6.45, 7) is 0.438. The molecule has 0 atom stereocenters. The van der Waals surface area contributed by atoms with Crippen molar-refractivity contribution in [1.82, 2.24) is 19.2 Å². The van der Waals surface area contributed by atoms with E-state index < -0.39 is 12.7 Å². The number of halogens is 3. The average Bonchev–Trinajstić information content (AvgIpc) is 2.79. The molecule has 0 N–H and O–H groups in total. The van der Waals surface area contributed by atoms with Crippen molar-refractivity contribution in [2.75, 3.05) is 27.2 Å². The highest BCUT2D eigenvalue weighted by Gasteiger charge is 2.32. The number of carbonyl (C=O) groups excluding carboxylic acids is 1. The Hall–Kier alpha value is -2.09. The zero-order valence-electron chi connectivity index (χ0n) is 13.3. The third-order valence-electron chi connectivity index (χ3n) is 3.38. The number of alkyl halides is 3. The lowest BCUT2D eigenvalue weighted by molar-refractivity contribution is -0.152. The van der Waals surface area contributed by atoms with E-state index in [-0.39, 0.29) is 19.0 Å². The summed E-state index contributed by atoms with van der Waals surface area (Å²) in [5, 5.41) is 0. The summed E-state index contributed by atoms with van der Waals surface area (Å²) in [6.07, 6.45) is -1.02. The molecule has 0 saturated heterocycles. The molecule has 0 aliphatic rings. The predicted octanol–water partition coefficient (Wildman–Crippen LogP) is 2.10. The van der Waals surface area contributed by atoms with Gasteiger partial charge in [0, 0.05) is 26.8 Å². The molecule has 1 amide bonds. The molecule has 2 aromatic rings. The first-order valence-corrected chi connectivity index (χ1v) is 7.07. The van der Waals surface area contributed by atoms with Gasteiger partial charge in [-0.3, -0.25) is 9.69 Å². The molecule has 0 spiro atoms. The molecule has 0 aliphatic carbocycles. The van der Waals surface area contributed by atoms with Crippen LogP contribution in [0.5, 0.6) is 0 Å². The van der Waals surface area contributed by atoms with Crippen LogP contribution in [0.2, 0.25) is 0 Å². The van der Waals surface area contributed by atoms with Gasteiger partial charge < -0.3 is 9.30 Å². The van der Waals surface area contributed by atoms with E-state index in [0.29, 0.717) is 11.3 Å². The summed E-state index contributed by atoms with van der Waals surface area (Å²) >= 11 is 0. The Balaban J connectivity index is 2.24. The number of imidazole rings is 1. The van der Waals surface area contributed by atoms with Gasteiger partial charge in [-0.2, -0.15) is 13.2 Å². The summed E-state index contributed by atoms with van der Waals surface area (Å²) in [7, 11) is 3.04. The van der Waals surface area contributed by atoms with Gasteiger partial charge in [0.2, 0.25) is 5.91 Å². The standard InChI is InChI=1S/C15H19F3N4O/c1-11-4-5-13-19-6-12(22(13)7-11)8-21(10-15(16,17)18)9-14(23)20(2)3/h4-7H,8-10H2,1-3H3.